The molecular formula is C13H21IN4. The first-order chi connectivity index (χ1) is 8.65. The van der Waals surface area contributed by atoms with E-state index in [2.05, 4.69) is 56.6 Å². The summed E-state index contributed by atoms with van der Waals surface area (Å²) >= 11 is 2.24. The molecule has 0 unspecified atom stereocenters. The number of rotatable bonds is 4. The molecule has 0 radical (unpaired) electrons. The Morgan fingerprint density at radius 1 is 1.33 bits per heavy atom. The minimum Gasteiger partial charge on any atom is -0.341 e. The number of piperidine rings is 1. The molecule has 0 saturated carbocycles. The normalized spacial score (nSPS) is 17.4. The van der Waals surface area contributed by atoms with Gasteiger partial charge in [0.15, 0.2) is 0 Å². The molecule has 0 spiro atoms. The molecule has 100 valence electrons. The van der Waals surface area contributed by atoms with E-state index >= 15 is 0 Å². The third kappa shape index (κ3) is 4.05. The molecule has 2 rings (SSSR count). The van der Waals surface area contributed by atoms with Gasteiger partial charge in [0.05, 0.1) is 0 Å². The van der Waals surface area contributed by atoms with E-state index in [9.17, 15) is 0 Å². The Morgan fingerprint density at radius 3 is 2.50 bits per heavy atom. The fourth-order valence-electron chi connectivity index (χ4n) is 2.21. The Kier molecular flexibility index (Phi) is 5.17. The molecule has 0 amide bonds. The zero-order valence-electron chi connectivity index (χ0n) is 11.1. The Balaban J connectivity index is 1.81. The number of aromatic nitrogens is 2. The molecule has 0 atom stereocenters. The average Bonchev–Trinajstić information content (AvgIpc) is 2.38. The second-order valence-electron chi connectivity index (χ2n) is 5.19. The second-order valence-corrected chi connectivity index (χ2v) is 6.44. The van der Waals surface area contributed by atoms with Gasteiger partial charge < -0.3 is 10.2 Å². The van der Waals surface area contributed by atoms with Gasteiger partial charge >= 0.3 is 0 Å². The SMILES string of the molecule is CC(C)NCC1CCN(c2ncc(I)cn2)CC1. The van der Waals surface area contributed by atoms with Crippen LogP contribution in [0, 0.1) is 9.49 Å². The highest BCUT2D eigenvalue weighted by molar-refractivity contribution is 14.1. The van der Waals surface area contributed by atoms with Crippen molar-refractivity contribution in [1.29, 1.82) is 0 Å². The maximum absolute atomic E-state index is 4.39. The van der Waals surface area contributed by atoms with Gasteiger partial charge in [-0.3, -0.25) is 0 Å². The van der Waals surface area contributed by atoms with Crippen molar-refractivity contribution in [2.45, 2.75) is 32.7 Å². The van der Waals surface area contributed by atoms with Crippen LogP contribution >= 0.6 is 22.6 Å². The number of anilines is 1. The highest BCUT2D eigenvalue weighted by Crippen LogP contribution is 2.20. The molecular weight excluding hydrogens is 339 g/mol. The third-order valence-corrected chi connectivity index (χ3v) is 3.88. The summed E-state index contributed by atoms with van der Waals surface area (Å²) in [6.07, 6.45) is 6.23. The van der Waals surface area contributed by atoms with Crippen molar-refractivity contribution in [3.63, 3.8) is 0 Å². The van der Waals surface area contributed by atoms with Crippen LogP contribution in [0.25, 0.3) is 0 Å². The van der Waals surface area contributed by atoms with Crippen LogP contribution < -0.4 is 10.2 Å². The Bertz CT molecular complexity index is 358. The summed E-state index contributed by atoms with van der Waals surface area (Å²) in [6, 6.07) is 0.586. The summed E-state index contributed by atoms with van der Waals surface area (Å²) in [5, 5.41) is 3.53. The van der Waals surface area contributed by atoms with E-state index in [0.29, 0.717) is 6.04 Å². The quantitative estimate of drug-likeness (QED) is 0.837. The molecule has 1 aromatic rings. The maximum atomic E-state index is 4.39. The minimum absolute atomic E-state index is 0.586. The lowest BCUT2D eigenvalue weighted by molar-refractivity contribution is 0.368. The Morgan fingerprint density at radius 2 is 1.94 bits per heavy atom. The predicted molar refractivity (Wildman–Crippen MR) is 82.8 cm³/mol. The van der Waals surface area contributed by atoms with Gasteiger partial charge in [0, 0.05) is 35.1 Å². The van der Waals surface area contributed by atoms with Gasteiger partial charge in [-0.2, -0.15) is 0 Å². The van der Waals surface area contributed by atoms with E-state index in [0.717, 1.165) is 35.1 Å². The molecule has 18 heavy (non-hydrogen) atoms. The van der Waals surface area contributed by atoms with Crippen LogP contribution in [-0.2, 0) is 0 Å². The first-order valence-electron chi connectivity index (χ1n) is 6.61. The van der Waals surface area contributed by atoms with Gasteiger partial charge in [0.25, 0.3) is 0 Å². The molecule has 1 aliphatic rings. The smallest absolute Gasteiger partial charge is 0.225 e. The Labute approximate surface area is 123 Å². The lowest BCUT2D eigenvalue weighted by Gasteiger charge is -2.32. The van der Waals surface area contributed by atoms with E-state index in [4.69, 9.17) is 0 Å². The van der Waals surface area contributed by atoms with Crippen LogP contribution in [0.2, 0.25) is 0 Å². The summed E-state index contributed by atoms with van der Waals surface area (Å²) in [5.41, 5.74) is 0. The van der Waals surface area contributed by atoms with E-state index < -0.39 is 0 Å². The largest absolute Gasteiger partial charge is 0.341 e. The van der Waals surface area contributed by atoms with Gasteiger partial charge in [-0.05, 0) is 47.9 Å². The van der Waals surface area contributed by atoms with Crippen molar-refractivity contribution in [1.82, 2.24) is 15.3 Å². The van der Waals surface area contributed by atoms with Crippen molar-refractivity contribution >= 4 is 28.5 Å². The fourth-order valence-corrected chi connectivity index (χ4v) is 2.49. The lowest BCUT2D eigenvalue weighted by Crippen LogP contribution is -2.39. The van der Waals surface area contributed by atoms with E-state index in [1.165, 1.54) is 12.8 Å². The van der Waals surface area contributed by atoms with Gasteiger partial charge in [-0.1, -0.05) is 13.8 Å². The number of hydrogen-bond donors (Lipinski definition) is 1. The summed E-state index contributed by atoms with van der Waals surface area (Å²) in [7, 11) is 0. The molecule has 1 aromatic heterocycles. The molecule has 1 saturated heterocycles. The summed E-state index contributed by atoms with van der Waals surface area (Å²) in [5.74, 6) is 1.68. The summed E-state index contributed by atoms with van der Waals surface area (Å²) in [4.78, 5) is 11.1. The third-order valence-electron chi connectivity index (χ3n) is 3.32. The topological polar surface area (TPSA) is 41.0 Å². The highest BCUT2D eigenvalue weighted by Gasteiger charge is 2.20. The van der Waals surface area contributed by atoms with Crippen molar-refractivity contribution in [3.05, 3.63) is 16.0 Å². The first kappa shape index (κ1) is 14.0. The molecule has 0 aliphatic carbocycles. The number of nitrogens with one attached hydrogen (secondary N) is 1. The van der Waals surface area contributed by atoms with Crippen molar-refractivity contribution in [2.24, 2.45) is 5.92 Å². The average molecular weight is 360 g/mol. The molecule has 4 nitrogen and oxygen atoms in total. The van der Waals surface area contributed by atoms with Gasteiger partial charge in [0.2, 0.25) is 5.95 Å². The van der Waals surface area contributed by atoms with Gasteiger partial charge in [-0.25, -0.2) is 9.97 Å². The Hall–Kier alpha value is -0.430. The van der Waals surface area contributed by atoms with E-state index in [-0.39, 0.29) is 0 Å². The molecule has 0 bridgehead atoms. The summed E-state index contributed by atoms with van der Waals surface area (Å²) < 4.78 is 1.09. The molecule has 1 fully saturated rings. The van der Waals surface area contributed by atoms with Crippen LogP contribution in [0.3, 0.4) is 0 Å². The molecule has 0 aromatic carbocycles. The van der Waals surface area contributed by atoms with Crippen molar-refractivity contribution in [2.75, 3.05) is 24.5 Å². The minimum atomic E-state index is 0.586. The zero-order valence-corrected chi connectivity index (χ0v) is 13.2. The van der Waals surface area contributed by atoms with E-state index in [1.807, 2.05) is 12.4 Å². The molecule has 2 heterocycles. The van der Waals surface area contributed by atoms with Crippen LogP contribution in [0.15, 0.2) is 12.4 Å². The van der Waals surface area contributed by atoms with Gasteiger partial charge in [-0.15, -0.1) is 0 Å². The highest BCUT2D eigenvalue weighted by atomic mass is 127. The molecule has 1 aliphatic heterocycles. The predicted octanol–water partition coefficient (Wildman–Crippen LogP) is 2.30. The fraction of sp³-hybridized carbons (Fsp3) is 0.692. The zero-order chi connectivity index (χ0) is 13.0. The monoisotopic (exact) mass is 360 g/mol. The molecule has 1 N–H and O–H groups in total. The number of hydrogen-bond acceptors (Lipinski definition) is 4. The van der Waals surface area contributed by atoms with Crippen LogP contribution in [0.1, 0.15) is 26.7 Å². The van der Waals surface area contributed by atoms with Gasteiger partial charge in [0.1, 0.15) is 0 Å². The van der Waals surface area contributed by atoms with E-state index in [1.54, 1.807) is 0 Å². The second kappa shape index (κ2) is 6.65. The molecule has 5 heteroatoms. The van der Waals surface area contributed by atoms with Crippen LogP contribution in [0.4, 0.5) is 5.95 Å². The van der Waals surface area contributed by atoms with Crippen molar-refractivity contribution in [3.8, 4) is 0 Å². The standard InChI is InChI=1S/C13H21IN4/c1-10(2)15-7-11-3-5-18(6-4-11)13-16-8-12(14)9-17-13/h8-11,15H,3-7H2,1-2H3. The first-order valence-corrected chi connectivity index (χ1v) is 7.69. The lowest BCUT2D eigenvalue weighted by atomic mass is 9.97. The number of nitrogens with zero attached hydrogens (tertiary/aromatic N) is 3. The van der Waals surface area contributed by atoms with Crippen molar-refractivity contribution < 1.29 is 0 Å². The summed E-state index contributed by atoms with van der Waals surface area (Å²) in [6.45, 7) is 7.69. The van der Waals surface area contributed by atoms with Crippen LogP contribution in [-0.4, -0.2) is 35.6 Å². The maximum Gasteiger partial charge on any atom is 0.225 e. The van der Waals surface area contributed by atoms with Crippen LogP contribution in [0.5, 0.6) is 0 Å². The number of halogens is 1.